The first-order valence-corrected chi connectivity index (χ1v) is 5.40. The van der Waals surface area contributed by atoms with Crippen LogP contribution in [0.25, 0.3) is 0 Å². The Labute approximate surface area is 84.0 Å². The fourth-order valence-corrected chi connectivity index (χ4v) is 4.29. The lowest BCUT2D eigenvalue weighted by Crippen LogP contribution is -2.53. The Bertz CT molecular complexity index is 329. The molecule has 1 amide bonds. The average Bonchev–Trinajstić information content (AvgIpc) is 2.58. The van der Waals surface area contributed by atoms with Crippen LogP contribution < -0.4 is 5.73 Å². The summed E-state index contributed by atoms with van der Waals surface area (Å²) in [5.41, 5.74) is 5.10. The number of carbonyl (C=O) groups is 1. The Balaban J connectivity index is 2.18. The molecule has 14 heavy (non-hydrogen) atoms. The van der Waals surface area contributed by atoms with E-state index in [4.69, 9.17) is 10.5 Å². The quantitative estimate of drug-likeness (QED) is 0.680. The molecular weight excluding hydrogens is 178 g/mol. The molecule has 0 unspecified atom stereocenters. The van der Waals surface area contributed by atoms with E-state index in [0.717, 1.165) is 19.4 Å². The number of amides is 1. The van der Waals surface area contributed by atoms with Crippen molar-refractivity contribution in [1.29, 1.82) is 0 Å². The number of primary amides is 1. The van der Waals surface area contributed by atoms with Crippen molar-refractivity contribution in [3.63, 3.8) is 0 Å². The molecule has 0 aromatic rings. The van der Waals surface area contributed by atoms with Crippen LogP contribution >= 0.6 is 0 Å². The molecule has 3 heteroatoms. The number of nitrogens with two attached hydrogens (primary N) is 1. The fraction of sp³-hybridized carbons (Fsp3) is 0.909. The van der Waals surface area contributed by atoms with E-state index < -0.39 is 5.60 Å². The number of ether oxygens (including phenoxy) is 1. The Hall–Kier alpha value is -0.570. The van der Waals surface area contributed by atoms with Crippen LogP contribution in [-0.4, -0.2) is 18.1 Å². The van der Waals surface area contributed by atoms with Crippen molar-refractivity contribution >= 4 is 5.91 Å². The van der Waals surface area contributed by atoms with Crippen LogP contribution in [-0.2, 0) is 9.53 Å². The smallest absolute Gasteiger partial charge is 0.250 e. The van der Waals surface area contributed by atoms with E-state index in [2.05, 4.69) is 13.8 Å². The molecule has 4 atom stereocenters. The highest BCUT2D eigenvalue weighted by Gasteiger charge is 2.78. The second-order valence-corrected chi connectivity index (χ2v) is 5.67. The van der Waals surface area contributed by atoms with Crippen molar-refractivity contribution in [1.82, 2.24) is 0 Å². The Morgan fingerprint density at radius 2 is 2.21 bits per heavy atom. The molecule has 2 saturated carbocycles. The maximum Gasteiger partial charge on any atom is 0.250 e. The SMILES string of the molecule is C[C@@]12CC[C@@H]3C[C@]1(C(N)=O)OC[C@]32C. The minimum atomic E-state index is -0.634. The van der Waals surface area contributed by atoms with E-state index in [1.807, 2.05) is 0 Å². The molecule has 1 aliphatic heterocycles. The topological polar surface area (TPSA) is 52.3 Å². The predicted octanol–water partition coefficient (Wildman–Crippen LogP) is 1.07. The summed E-state index contributed by atoms with van der Waals surface area (Å²) < 4.78 is 5.77. The Morgan fingerprint density at radius 3 is 2.64 bits per heavy atom. The molecule has 0 aromatic heterocycles. The maximum absolute atomic E-state index is 11.6. The molecule has 4 bridgehead atoms. The van der Waals surface area contributed by atoms with Crippen molar-refractivity contribution in [3.8, 4) is 0 Å². The summed E-state index contributed by atoms with van der Waals surface area (Å²) in [5, 5.41) is 0. The van der Waals surface area contributed by atoms with E-state index >= 15 is 0 Å². The first-order chi connectivity index (χ1) is 6.46. The molecule has 3 fully saturated rings. The molecule has 3 aliphatic rings. The van der Waals surface area contributed by atoms with Gasteiger partial charge in [-0.05, 0) is 25.2 Å². The van der Waals surface area contributed by atoms with Crippen molar-refractivity contribution in [2.45, 2.75) is 38.7 Å². The molecule has 2 N–H and O–H groups in total. The van der Waals surface area contributed by atoms with Crippen LogP contribution in [0.5, 0.6) is 0 Å². The summed E-state index contributed by atoms with van der Waals surface area (Å²) in [4.78, 5) is 11.6. The lowest BCUT2D eigenvalue weighted by atomic mass is 9.66. The fourth-order valence-electron chi connectivity index (χ4n) is 4.29. The molecule has 0 spiro atoms. The second kappa shape index (κ2) is 2.01. The van der Waals surface area contributed by atoms with Gasteiger partial charge in [0.25, 0.3) is 0 Å². The molecule has 3 rings (SSSR count). The molecule has 78 valence electrons. The van der Waals surface area contributed by atoms with Gasteiger partial charge >= 0.3 is 0 Å². The van der Waals surface area contributed by atoms with Gasteiger partial charge in [0.05, 0.1) is 6.61 Å². The van der Waals surface area contributed by atoms with Gasteiger partial charge in [0.2, 0.25) is 5.91 Å². The van der Waals surface area contributed by atoms with Crippen LogP contribution in [0.4, 0.5) is 0 Å². The molecular formula is C11H17NO2. The van der Waals surface area contributed by atoms with Gasteiger partial charge in [0.1, 0.15) is 0 Å². The van der Waals surface area contributed by atoms with E-state index in [-0.39, 0.29) is 16.7 Å². The lowest BCUT2D eigenvalue weighted by molar-refractivity contribution is -0.151. The predicted molar refractivity (Wildman–Crippen MR) is 51.4 cm³/mol. The van der Waals surface area contributed by atoms with Gasteiger partial charge in [0.15, 0.2) is 5.60 Å². The van der Waals surface area contributed by atoms with Crippen LogP contribution in [0.3, 0.4) is 0 Å². The minimum Gasteiger partial charge on any atom is -0.367 e. The molecule has 1 saturated heterocycles. The summed E-state index contributed by atoms with van der Waals surface area (Å²) >= 11 is 0. The first-order valence-electron chi connectivity index (χ1n) is 5.40. The van der Waals surface area contributed by atoms with Gasteiger partial charge in [-0.2, -0.15) is 0 Å². The Kier molecular flexibility index (Phi) is 1.25. The first kappa shape index (κ1) is 8.72. The van der Waals surface area contributed by atoms with E-state index in [1.165, 1.54) is 6.42 Å². The van der Waals surface area contributed by atoms with E-state index in [9.17, 15) is 4.79 Å². The molecule has 0 aromatic carbocycles. The lowest BCUT2D eigenvalue weighted by Gasteiger charge is -2.38. The molecule has 3 nitrogen and oxygen atoms in total. The number of hydrogen-bond donors (Lipinski definition) is 1. The number of hydrogen-bond acceptors (Lipinski definition) is 2. The zero-order valence-corrected chi connectivity index (χ0v) is 8.80. The highest BCUT2D eigenvalue weighted by atomic mass is 16.5. The van der Waals surface area contributed by atoms with Crippen LogP contribution in [0.15, 0.2) is 0 Å². The van der Waals surface area contributed by atoms with Crippen molar-refractivity contribution in [2.75, 3.05) is 6.61 Å². The third-order valence-electron chi connectivity index (χ3n) is 5.60. The molecule has 1 heterocycles. The van der Waals surface area contributed by atoms with Crippen molar-refractivity contribution in [3.05, 3.63) is 0 Å². The number of carbonyl (C=O) groups excluding carboxylic acids is 1. The van der Waals surface area contributed by atoms with Gasteiger partial charge in [-0.1, -0.05) is 13.8 Å². The van der Waals surface area contributed by atoms with Crippen molar-refractivity contribution in [2.24, 2.45) is 22.5 Å². The number of rotatable bonds is 1. The maximum atomic E-state index is 11.6. The third-order valence-corrected chi connectivity index (χ3v) is 5.60. The van der Waals surface area contributed by atoms with Crippen molar-refractivity contribution < 1.29 is 9.53 Å². The Morgan fingerprint density at radius 1 is 1.50 bits per heavy atom. The highest BCUT2D eigenvalue weighted by molar-refractivity contribution is 5.86. The summed E-state index contributed by atoms with van der Waals surface area (Å²) in [5.74, 6) is 0.402. The third kappa shape index (κ3) is 0.553. The summed E-state index contributed by atoms with van der Waals surface area (Å²) in [6.45, 7) is 5.18. The largest absolute Gasteiger partial charge is 0.367 e. The second-order valence-electron chi connectivity index (χ2n) is 5.67. The molecule has 0 radical (unpaired) electrons. The normalized spacial score (nSPS) is 59.4. The van der Waals surface area contributed by atoms with E-state index in [0.29, 0.717) is 5.92 Å². The van der Waals surface area contributed by atoms with Crippen LogP contribution in [0, 0.1) is 16.7 Å². The van der Waals surface area contributed by atoms with Crippen LogP contribution in [0.2, 0.25) is 0 Å². The minimum absolute atomic E-state index is 0.00347. The summed E-state index contributed by atoms with van der Waals surface area (Å²) in [7, 11) is 0. The summed E-state index contributed by atoms with van der Waals surface area (Å²) in [6, 6.07) is 0. The van der Waals surface area contributed by atoms with E-state index in [1.54, 1.807) is 0 Å². The van der Waals surface area contributed by atoms with Gasteiger partial charge in [-0.15, -0.1) is 0 Å². The molecule has 2 aliphatic carbocycles. The monoisotopic (exact) mass is 195 g/mol. The zero-order chi connectivity index (χ0) is 10.2. The van der Waals surface area contributed by atoms with Gasteiger partial charge in [-0.3, -0.25) is 4.79 Å². The summed E-state index contributed by atoms with van der Waals surface area (Å²) in [6.07, 6.45) is 3.19. The average molecular weight is 195 g/mol. The van der Waals surface area contributed by atoms with Gasteiger partial charge < -0.3 is 10.5 Å². The standard InChI is InChI=1S/C11H17NO2/c1-9-6-14-11(8(12)13)5-7(9)3-4-10(9,11)2/h7H,3-6H2,1-2H3,(H2,12,13)/t7-,9-,10+,11-/m1/s1. The van der Waals surface area contributed by atoms with Gasteiger partial charge in [-0.25, -0.2) is 0 Å². The van der Waals surface area contributed by atoms with Gasteiger partial charge in [0, 0.05) is 10.8 Å². The highest BCUT2D eigenvalue weighted by Crippen LogP contribution is 2.74. The zero-order valence-electron chi connectivity index (χ0n) is 8.80. The van der Waals surface area contributed by atoms with Crippen LogP contribution in [0.1, 0.15) is 33.1 Å².